The third-order valence-corrected chi connectivity index (χ3v) is 2.46. The number of nitrogens with zero attached hydrogens (tertiary/aromatic N) is 4. The number of rotatable bonds is 5. The molecule has 0 amide bonds. The van der Waals surface area contributed by atoms with Gasteiger partial charge in [0.2, 0.25) is 11.7 Å². The minimum atomic E-state index is -4.60. The standard InChI is InChI=1S/C11H13F3N6O/c1-6-17-7(20-21-6)3-4-16-9-5-8(15-2)18-10(19-9)11(12,13)14/h5H,3-4H2,1-2H3,(H2,15,16,18,19). The average Bonchev–Trinajstić information content (AvgIpc) is 2.83. The maximum atomic E-state index is 12.7. The molecule has 0 saturated carbocycles. The Morgan fingerprint density at radius 1 is 1.19 bits per heavy atom. The van der Waals surface area contributed by atoms with E-state index in [9.17, 15) is 13.2 Å². The van der Waals surface area contributed by atoms with Crippen LogP contribution < -0.4 is 10.6 Å². The summed E-state index contributed by atoms with van der Waals surface area (Å²) in [6.45, 7) is 1.97. The number of aryl methyl sites for hydroxylation is 1. The van der Waals surface area contributed by atoms with E-state index in [2.05, 4.69) is 30.7 Å². The zero-order chi connectivity index (χ0) is 15.5. The lowest BCUT2D eigenvalue weighted by Gasteiger charge is -2.10. The fourth-order valence-corrected chi connectivity index (χ4v) is 1.54. The van der Waals surface area contributed by atoms with Crippen molar-refractivity contribution in [1.82, 2.24) is 20.1 Å². The number of hydrogen-bond donors (Lipinski definition) is 2. The van der Waals surface area contributed by atoms with Crippen molar-refractivity contribution in [2.75, 3.05) is 24.2 Å². The lowest BCUT2D eigenvalue weighted by atomic mass is 10.4. The first-order valence-electron chi connectivity index (χ1n) is 6.05. The molecule has 0 saturated heterocycles. The van der Waals surface area contributed by atoms with Gasteiger partial charge >= 0.3 is 6.18 Å². The number of halogens is 3. The normalized spacial score (nSPS) is 11.5. The van der Waals surface area contributed by atoms with E-state index in [1.807, 2.05) is 0 Å². The number of nitrogens with one attached hydrogen (secondary N) is 2. The maximum Gasteiger partial charge on any atom is 0.451 e. The first-order valence-corrected chi connectivity index (χ1v) is 6.05. The van der Waals surface area contributed by atoms with Crippen molar-refractivity contribution < 1.29 is 17.7 Å². The molecule has 2 N–H and O–H groups in total. The van der Waals surface area contributed by atoms with Gasteiger partial charge in [0.15, 0.2) is 5.82 Å². The van der Waals surface area contributed by atoms with Crippen molar-refractivity contribution in [2.45, 2.75) is 19.5 Å². The largest absolute Gasteiger partial charge is 0.451 e. The van der Waals surface area contributed by atoms with E-state index in [1.54, 1.807) is 6.92 Å². The second-order valence-electron chi connectivity index (χ2n) is 4.12. The summed E-state index contributed by atoms with van der Waals surface area (Å²) in [6, 6.07) is 1.39. The SMILES string of the molecule is CNc1cc(NCCc2noc(C)n2)nc(C(F)(F)F)n1. The highest BCUT2D eigenvalue weighted by Crippen LogP contribution is 2.28. The molecule has 0 aliphatic carbocycles. The molecule has 0 radical (unpaired) electrons. The van der Waals surface area contributed by atoms with E-state index >= 15 is 0 Å². The molecule has 0 aromatic carbocycles. The van der Waals surface area contributed by atoms with Gasteiger partial charge in [-0.3, -0.25) is 0 Å². The molecule has 10 heteroatoms. The Balaban J connectivity index is 2.05. The van der Waals surface area contributed by atoms with Crippen LogP contribution in [0.3, 0.4) is 0 Å². The summed E-state index contributed by atoms with van der Waals surface area (Å²) >= 11 is 0. The Bertz CT molecular complexity index is 612. The predicted octanol–water partition coefficient (Wildman–Crippen LogP) is 1.88. The molecular weight excluding hydrogens is 289 g/mol. The third kappa shape index (κ3) is 4.04. The molecule has 0 aliphatic heterocycles. The van der Waals surface area contributed by atoms with Gasteiger partial charge in [0, 0.05) is 33.0 Å². The van der Waals surface area contributed by atoms with Crippen molar-refractivity contribution in [1.29, 1.82) is 0 Å². The van der Waals surface area contributed by atoms with Crippen LogP contribution in [-0.2, 0) is 12.6 Å². The van der Waals surface area contributed by atoms with Gasteiger partial charge in [-0.25, -0.2) is 9.97 Å². The lowest BCUT2D eigenvalue weighted by Crippen LogP contribution is -2.15. The molecule has 7 nitrogen and oxygen atoms in total. The van der Waals surface area contributed by atoms with Crippen molar-refractivity contribution in [3.8, 4) is 0 Å². The second-order valence-corrected chi connectivity index (χ2v) is 4.12. The van der Waals surface area contributed by atoms with Crippen LogP contribution in [0.15, 0.2) is 10.6 Å². The third-order valence-electron chi connectivity index (χ3n) is 2.46. The van der Waals surface area contributed by atoms with E-state index in [-0.39, 0.29) is 11.6 Å². The average molecular weight is 302 g/mol. The number of hydrogen-bond acceptors (Lipinski definition) is 7. The van der Waals surface area contributed by atoms with Gasteiger partial charge in [-0.2, -0.15) is 18.2 Å². The summed E-state index contributed by atoms with van der Waals surface area (Å²) in [7, 11) is 1.48. The summed E-state index contributed by atoms with van der Waals surface area (Å²) < 4.78 is 42.8. The molecule has 0 bridgehead atoms. The topological polar surface area (TPSA) is 88.8 Å². The fraction of sp³-hybridized carbons (Fsp3) is 0.455. The van der Waals surface area contributed by atoms with Gasteiger partial charge in [-0.05, 0) is 0 Å². The Labute approximate surface area is 118 Å². The maximum absolute atomic E-state index is 12.7. The quantitative estimate of drug-likeness (QED) is 0.871. The zero-order valence-electron chi connectivity index (χ0n) is 11.3. The summed E-state index contributed by atoms with van der Waals surface area (Å²) in [5.41, 5.74) is 0. The van der Waals surface area contributed by atoms with Gasteiger partial charge in [0.05, 0.1) is 0 Å². The Morgan fingerprint density at radius 3 is 2.48 bits per heavy atom. The Hall–Kier alpha value is -2.39. The monoisotopic (exact) mass is 302 g/mol. The van der Waals surface area contributed by atoms with Crippen LogP contribution in [0.25, 0.3) is 0 Å². The number of aromatic nitrogens is 4. The van der Waals surface area contributed by atoms with E-state index in [0.29, 0.717) is 24.7 Å². The molecular formula is C11H13F3N6O. The van der Waals surface area contributed by atoms with Gasteiger partial charge < -0.3 is 15.2 Å². The molecule has 0 atom stereocenters. The first-order chi connectivity index (χ1) is 9.88. The van der Waals surface area contributed by atoms with Crippen molar-refractivity contribution in [3.63, 3.8) is 0 Å². The summed E-state index contributed by atoms with van der Waals surface area (Å²) in [4.78, 5) is 10.8. The highest BCUT2D eigenvalue weighted by Gasteiger charge is 2.35. The van der Waals surface area contributed by atoms with Crippen molar-refractivity contribution >= 4 is 11.6 Å². The van der Waals surface area contributed by atoms with E-state index in [1.165, 1.54) is 13.1 Å². The molecule has 2 rings (SSSR count). The highest BCUT2D eigenvalue weighted by molar-refractivity contribution is 5.47. The summed E-state index contributed by atoms with van der Waals surface area (Å²) in [6.07, 6.45) is -4.20. The number of anilines is 2. The molecule has 0 unspecified atom stereocenters. The Kier molecular flexibility index (Phi) is 4.24. The zero-order valence-corrected chi connectivity index (χ0v) is 11.3. The van der Waals surface area contributed by atoms with E-state index in [4.69, 9.17) is 4.52 Å². The molecule has 0 aliphatic rings. The van der Waals surface area contributed by atoms with Crippen LogP contribution in [0.5, 0.6) is 0 Å². The van der Waals surface area contributed by atoms with Crippen LogP contribution >= 0.6 is 0 Å². The van der Waals surface area contributed by atoms with Crippen LogP contribution in [-0.4, -0.2) is 33.7 Å². The lowest BCUT2D eigenvalue weighted by molar-refractivity contribution is -0.144. The smallest absolute Gasteiger partial charge is 0.373 e. The highest BCUT2D eigenvalue weighted by atomic mass is 19.4. The van der Waals surface area contributed by atoms with Crippen LogP contribution in [0.4, 0.5) is 24.8 Å². The van der Waals surface area contributed by atoms with Crippen LogP contribution in [0.2, 0.25) is 0 Å². The molecule has 21 heavy (non-hydrogen) atoms. The summed E-state index contributed by atoms with van der Waals surface area (Å²) in [5.74, 6) is -0.146. The molecule has 0 fully saturated rings. The Morgan fingerprint density at radius 2 is 1.90 bits per heavy atom. The van der Waals surface area contributed by atoms with Crippen molar-refractivity contribution in [2.24, 2.45) is 0 Å². The van der Waals surface area contributed by atoms with Gasteiger partial charge in [0.1, 0.15) is 11.6 Å². The van der Waals surface area contributed by atoms with E-state index in [0.717, 1.165) is 0 Å². The van der Waals surface area contributed by atoms with Gasteiger partial charge in [0.25, 0.3) is 0 Å². The predicted molar refractivity (Wildman–Crippen MR) is 67.8 cm³/mol. The molecule has 0 spiro atoms. The van der Waals surface area contributed by atoms with E-state index < -0.39 is 12.0 Å². The van der Waals surface area contributed by atoms with Crippen molar-refractivity contribution in [3.05, 3.63) is 23.6 Å². The first kappa shape index (κ1) is 15.0. The summed E-state index contributed by atoms with van der Waals surface area (Å²) in [5, 5.41) is 9.02. The van der Waals surface area contributed by atoms with Crippen LogP contribution in [0.1, 0.15) is 17.5 Å². The molecule has 2 aromatic heterocycles. The molecule has 2 heterocycles. The minimum Gasteiger partial charge on any atom is -0.373 e. The van der Waals surface area contributed by atoms with Crippen LogP contribution in [0, 0.1) is 6.92 Å². The number of alkyl halides is 3. The van der Waals surface area contributed by atoms with Gasteiger partial charge in [-0.15, -0.1) is 0 Å². The fourth-order valence-electron chi connectivity index (χ4n) is 1.54. The molecule has 2 aromatic rings. The second kappa shape index (κ2) is 5.94. The minimum absolute atomic E-state index is 0.0712. The molecule has 114 valence electrons. The van der Waals surface area contributed by atoms with Gasteiger partial charge in [-0.1, -0.05) is 5.16 Å².